The van der Waals surface area contributed by atoms with Crippen LogP contribution < -0.4 is 19.5 Å². The van der Waals surface area contributed by atoms with Crippen molar-refractivity contribution in [3.8, 4) is 17.2 Å². The predicted molar refractivity (Wildman–Crippen MR) is 111 cm³/mol. The van der Waals surface area contributed by atoms with Crippen LogP contribution in [0.5, 0.6) is 17.2 Å². The number of benzene rings is 2. The van der Waals surface area contributed by atoms with Crippen LogP contribution in [0.2, 0.25) is 5.02 Å². The number of methoxy groups -OCH3 is 3. The average molecular weight is 474 g/mol. The number of hydrogen-bond acceptors (Lipinski definition) is 6. The monoisotopic (exact) mass is 473 g/mol. The van der Waals surface area contributed by atoms with Crippen molar-refractivity contribution < 1.29 is 41.7 Å². The Hall–Kier alpha value is -3.40. The van der Waals surface area contributed by atoms with Gasteiger partial charge in [-0.2, -0.15) is 13.2 Å². The summed E-state index contributed by atoms with van der Waals surface area (Å²) in [5.41, 5.74) is -0.713. The lowest BCUT2D eigenvalue weighted by Gasteiger charge is -2.12. The van der Waals surface area contributed by atoms with E-state index in [-0.39, 0.29) is 10.7 Å². The van der Waals surface area contributed by atoms with Crippen LogP contribution in [-0.2, 0) is 20.5 Å². The third-order valence-electron chi connectivity index (χ3n) is 4.01. The molecule has 2 aromatic carbocycles. The van der Waals surface area contributed by atoms with Crippen molar-refractivity contribution in [3.05, 3.63) is 52.6 Å². The molecule has 2 rings (SSSR count). The van der Waals surface area contributed by atoms with Crippen LogP contribution in [0.25, 0.3) is 6.08 Å². The lowest BCUT2D eigenvalue weighted by molar-refractivity contribution is -0.142. The van der Waals surface area contributed by atoms with Gasteiger partial charge in [0.05, 0.1) is 37.6 Å². The maximum absolute atomic E-state index is 12.8. The summed E-state index contributed by atoms with van der Waals surface area (Å²) in [6, 6.07) is 5.66. The van der Waals surface area contributed by atoms with Gasteiger partial charge in [0.15, 0.2) is 18.1 Å². The van der Waals surface area contributed by atoms with E-state index in [2.05, 4.69) is 5.32 Å². The van der Waals surface area contributed by atoms with Crippen molar-refractivity contribution >= 4 is 35.2 Å². The molecule has 0 atom stereocenters. The second-order valence-electron chi connectivity index (χ2n) is 6.14. The maximum Gasteiger partial charge on any atom is 0.416 e. The summed E-state index contributed by atoms with van der Waals surface area (Å²) in [7, 11) is 4.33. The van der Waals surface area contributed by atoms with E-state index < -0.39 is 30.2 Å². The number of ether oxygens (including phenoxy) is 4. The van der Waals surface area contributed by atoms with Gasteiger partial charge in [0.2, 0.25) is 5.75 Å². The number of nitrogens with one attached hydrogen (secondary N) is 1. The Morgan fingerprint density at radius 1 is 1.03 bits per heavy atom. The first kappa shape index (κ1) is 24.9. The summed E-state index contributed by atoms with van der Waals surface area (Å²) in [4.78, 5) is 23.8. The molecule has 0 aromatic heterocycles. The Morgan fingerprint density at radius 3 is 2.19 bits per heavy atom. The second-order valence-corrected chi connectivity index (χ2v) is 6.55. The zero-order chi connectivity index (χ0) is 23.9. The van der Waals surface area contributed by atoms with E-state index in [0.29, 0.717) is 28.9 Å². The van der Waals surface area contributed by atoms with Crippen LogP contribution in [-0.4, -0.2) is 39.8 Å². The van der Waals surface area contributed by atoms with Gasteiger partial charge in [0.1, 0.15) is 0 Å². The van der Waals surface area contributed by atoms with E-state index in [1.54, 1.807) is 12.1 Å². The number of amides is 1. The molecule has 0 saturated heterocycles. The van der Waals surface area contributed by atoms with E-state index in [1.165, 1.54) is 27.4 Å². The van der Waals surface area contributed by atoms with Gasteiger partial charge in [-0.15, -0.1) is 0 Å². The van der Waals surface area contributed by atoms with Gasteiger partial charge in [0, 0.05) is 6.08 Å². The SMILES string of the molecule is COc1cc(/C=C/C(=O)OCC(=O)Nc2cc(C(F)(F)F)ccc2Cl)cc(OC)c1OC. The minimum atomic E-state index is -4.60. The van der Waals surface area contributed by atoms with E-state index in [1.807, 2.05) is 0 Å². The third-order valence-corrected chi connectivity index (χ3v) is 4.34. The van der Waals surface area contributed by atoms with E-state index in [0.717, 1.165) is 18.2 Å². The predicted octanol–water partition coefficient (Wildman–Crippen LogP) is 4.58. The standard InChI is InChI=1S/C21H19ClF3NO6/c1-29-16-8-12(9-17(30-2)20(16)31-3)4-7-19(28)32-11-18(27)26-15-10-13(21(23,24)25)5-6-14(15)22/h4-10H,11H2,1-3H3,(H,26,27)/b7-4+. The van der Waals surface area contributed by atoms with Gasteiger partial charge in [-0.25, -0.2) is 4.79 Å². The van der Waals surface area contributed by atoms with Crippen LogP contribution in [0, 0.1) is 0 Å². The molecule has 0 spiro atoms. The molecule has 0 aliphatic rings. The fraction of sp³-hybridized carbons (Fsp3) is 0.238. The zero-order valence-electron chi connectivity index (χ0n) is 17.2. The van der Waals surface area contributed by atoms with Crippen molar-refractivity contribution in [3.63, 3.8) is 0 Å². The van der Waals surface area contributed by atoms with Crippen LogP contribution in [0.1, 0.15) is 11.1 Å². The number of hydrogen-bond donors (Lipinski definition) is 1. The van der Waals surface area contributed by atoms with Crippen molar-refractivity contribution in [1.82, 2.24) is 0 Å². The molecule has 1 amide bonds. The summed E-state index contributed by atoms with van der Waals surface area (Å²) in [5, 5.41) is 2.08. The number of alkyl halides is 3. The minimum absolute atomic E-state index is 0.0972. The van der Waals surface area contributed by atoms with E-state index in [4.69, 9.17) is 30.5 Å². The molecule has 0 heterocycles. The molecule has 0 fully saturated rings. The molecule has 32 heavy (non-hydrogen) atoms. The van der Waals surface area contributed by atoms with Gasteiger partial charge < -0.3 is 24.3 Å². The summed E-state index contributed by atoms with van der Waals surface area (Å²) in [6.45, 7) is -0.731. The Kier molecular flexibility index (Phi) is 8.36. The first-order valence-electron chi connectivity index (χ1n) is 8.90. The van der Waals surface area contributed by atoms with Crippen LogP contribution in [0.4, 0.5) is 18.9 Å². The summed E-state index contributed by atoms with van der Waals surface area (Å²) >= 11 is 5.81. The largest absolute Gasteiger partial charge is 0.493 e. The van der Waals surface area contributed by atoms with Gasteiger partial charge >= 0.3 is 12.1 Å². The van der Waals surface area contributed by atoms with E-state index >= 15 is 0 Å². The molecule has 11 heteroatoms. The first-order valence-corrected chi connectivity index (χ1v) is 9.28. The highest BCUT2D eigenvalue weighted by Crippen LogP contribution is 2.38. The minimum Gasteiger partial charge on any atom is -0.493 e. The lowest BCUT2D eigenvalue weighted by atomic mass is 10.1. The molecule has 172 valence electrons. The molecular weight excluding hydrogens is 455 g/mol. The average Bonchev–Trinajstić information content (AvgIpc) is 2.76. The Morgan fingerprint density at radius 2 is 1.66 bits per heavy atom. The highest BCUT2D eigenvalue weighted by Gasteiger charge is 2.31. The number of carbonyl (C=O) groups is 2. The highest BCUT2D eigenvalue weighted by molar-refractivity contribution is 6.33. The van der Waals surface area contributed by atoms with Gasteiger partial charge in [-0.3, -0.25) is 4.79 Å². The maximum atomic E-state index is 12.8. The number of carbonyl (C=O) groups excluding carboxylic acids is 2. The fourth-order valence-corrected chi connectivity index (χ4v) is 2.70. The normalized spacial score (nSPS) is 11.2. The van der Waals surface area contributed by atoms with Gasteiger partial charge in [-0.1, -0.05) is 11.6 Å². The third kappa shape index (κ3) is 6.55. The molecule has 1 N–H and O–H groups in total. The lowest BCUT2D eigenvalue weighted by Crippen LogP contribution is -2.20. The molecule has 0 bridgehead atoms. The highest BCUT2D eigenvalue weighted by atomic mass is 35.5. The van der Waals surface area contributed by atoms with Crippen LogP contribution in [0.3, 0.4) is 0 Å². The van der Waals surface area contributed by atoms with E-state index in [9.17, 15) is 22.8 Å². The smallest absolute Gasteiger partial charge is 0.416 e. The summed E-state index contributed by atoms with van der Waals surface area (Å²) in [6.07, 6.45) is -2.15. The number of halogens is 4. The van der Waals surface area contributed by atoms with Crippen molar-refractivity contribution in [2.24, 2.45) is 0 Å². The van der Waals surface area contributed by atoms with Crippen molar-refractivity contribution in [1.29, 1.82) is 0 Å². The second kappa shape index (κ2) is 10.8. The van der Waals surface area contributed by atoms with Crippen LogP contribution in [0.15, 0.2) is 36.4 Å². The van der Waals surface area contributed by atoms with Crippen molar-refractivity contribution in [2.75, 3.05) is 33.3 Å². The molecule has 2 aromatic rings. The molecule has 0 aliphatic heterocycles. The quantitative estimate of drug-likeness (QED) is 0.446. The molecule has 0 saturated carbocycles. The summed E-state index contributed by atoms with van der Waals surface area (Å²) < 4.78 is 58.8. The molecule has 7 nitrogen and oxygen atoms in total. The zero-order valence-corrected chi connectivity index (χ0v) is 18.0. The Balaban J connectivity index is 2.00. The fourth-order valence-electron chi connectivity index (χ4n) is 2.53. The van der Waals surface area contributed by atoms with Crippen LogP contribution >= 0.6 is 11.6 Å². The van der Waals surface area contributed by atoms with Gasteiger partial charge in [-0.05, 0) is 42.0 Å². The molecule has 0 radical (unpaired) electrons. The number of rotatable bonds is 8. The summed E-state index contributed by atoms with van der Waals surface area (Å²) in [5.74, 6) is -0.598. The molecule has 0 unspecified atom stereocenters. The Bertz CT molecular complexity index is 998. The Labute approximate surface area is 186 Å². The number of esters is 1. The molecular formula is C21H19ClF3NO6. The van der Waals surface area contributed by atoms with Gasteiger partial charge in [0.25, 0.3) is 5.91 Å². The number of anilines is 1. The topological polar surface area (TPSA) is 83.1 Å². The van der Waals surface area contributed by atoms with Crippen molar-refractivity contribution in [2.45, 2.75) is 6.18 Å². The molecule has 0 aliphatic carbocycles. The first-order chi connectivity index (χ1) is 15.1.